The first-order chi connectivity index (χ1) is 9.01. The summed E-state index contributed by atoms with van der Waals surface area (Å²) >= 11 is 0.770. The maximum atomic E-state index is 11.9. The monoisotopic (exact) mass is 285 g/mol. The number of nitrogens with zero attached hydrogens (tertiary/aromatic N) is 2. The van der Waals surface area contributed by atoms with Gasteiger partial charge in [0.1, 0.15) is 0 Å². The smallest absolute Gasteiger partial charge is 0.416 e. The minimum atomic E-state index is -0.842. The topological polar surface area (TPSA) is 108 Å². The molecule has 0 atom stereocenters. The van der Waals surface area contributed by atoms with Crippen LogP contribution in [0.4, 0.5) is 0 Å². The van der Waals surface area contributed by atoms with Crippen molar-refractivity contribution in [3.8, 4) is 0 Å². The van der Waals surface area contributed by atoms with Crippen molar-refractivity contribution in [2.45, 2.75) is 19.9 Å². The molecule has 0 aliphatic rings. The van der Waals surface area contributed by atoms with E-state index in [9.17, 15) is 19.6 Å². The number of rotatable bonds is 3. The van der Waals surface area contributed by atoms with Gasteiger partial charge in [-0.25, -0.2) is 9.59 Å². The van der Waals surface area contributed by atoms with Crippen LogP contribution >= 0.6 is 11.3 Å². The first-order valence-corrected chi connectivity index (χ1v) is 6.30. The van der Waals surface area contributed by atoms with Gasteiger partial charge in [-0.3, -0.25) is 14.3 Å². The molecular formula is C10H11N3O5S. The Morgan fingerprint density at radius 2 is 2.21 bits per heavy atom. The molecule has 0 spiro atoms. The van der Waals surface area contributed by atoms with E-state index in [-0.39, 0.29) is 20.1 Å². The van der Waals surface area contributed by atoms with Crippen LogP contribution in [0, 0.1) is 5.21 Å². The lowest BCUT2D eigenvalue weighted by Gasteiger charge is -2.01. The molecule has 2 heterocycles. The van der Waals surface area contributed by atoms with E-state index in [2.05, 4.69) is 9.72 Å². The molecule has 0 radical (unpaired) electrons. The summed E-state index contributed by atoms with van der Waals surface area (Å²) < 4.78 is 5.94. The van der Waals surface area contributed by atoms with E-state index in [1.165, 1.54) is 4.57 Å². The maximum Gasteiger partial charge on any atom is 0.416 e. The maximum absolute atomic E-state index is 11.9. The number of fused-ring (bicyclic) bond motifs is 1. The van der Waals surface area contributed by atoms with Gasteiger partial charge in [0, 0.05) is 6.54 Å². The third kappa shape index (κ3) is 2.01. The molecule has 0 saturated carbocycles. The summed E-state index contributed by atoms with van der Waals surface area (Å²) in [6.45, 7) is 2.19. The molecule has 0 amide bonds. The molecule has 2 rings (SSSR count). The van der Waals surface area contributed by atoms with Crippen molar-refractivity contribution in [1.29, 1.82) is 0 Å². The van der Waals surface area contributed by atoms with Crippen LogP contribution in [0.25, 0.3) is 10.3 Å². The standard InChI is InChI=1S/C10H11N3O5S/c1-3-4-12-7-5(6(14)11-10(12)16)13(17)8(19-7)9(15)18-2/h3-4H2,1-2H3,(H,11,14,16). The van der Waals surface area contributed by atoms with Crippen LogP contribution in [0.2, 0.25) is 0 Å². The van der Waals surface area contributed by atoms with E-state index in [0.717, 1.165) is 18.4 Å². The van der Waals surface area contributed by atoms with Crippen LogP contribution in [-0.4, -0.2) is 22.6 Å². The second kappa shape index (κ2) is 4.84. The Kier molecular flexibility index (Phi) is 3.38. The molecular weight excluding hydrogens is 274 g/mol. The predicted molar refractivity (Wildman–Crippen MR) is 67.3 cm³/mol. The molecule has 8 nitrogen and oxygen atoms in total. The number of H-pyrrole nitrogens is 1. The summed E-state index contributed by atoms with van der Waals surface area (Å²) in [7, 11) is 1.13. The number of hydrogen-bond acceptors (Lipinski definition) is 6. The van der Waals surface area contributed by atoms with E-state index in [4.69, 9.17) is 0 Å². The number of aromatic amines is 1. The number of hydrogen-bond donors (Lipinski definition) is 1. The summed E-state index contributed by atoms with van der Waals surface area (Å²) in [5, 5.41) is 11.6. The Morgan fingerprint density at radius 3 is 2.79 bits per heavy atom. The van der Waals surface area contributed by atoms with E-state index < -0.39 is 17.2 Å². The van der Waals surface area contributed by atoms with Gasteiger partial charge in [0.25, 0.3) is 0 Å². The van der Waals surface area contributed by atoms with Crippen molar-refractivity contribution in [2.24, 2.45) is 0 Å². The SMILES string of the molecule is CCCn1c(=O)[nH]c(=O)c2c1sc(C(=O)OC)[n+]2[O-]. The zero-order chi connectivity index (χ0) is 14.2. The first kappa shape index (κ1) is 13.3. The van der Waals surface area contributed by atoms with Crippen LogP contribution in [0.3, 0.4) is 0 Å². The largest absolute Gasteiger partial charge is 0.617 e. The average molecular weight is 285 g/mol. The molecule has 9 heteroatoms. The van der Waals surface area contributed by atoms with Gasteiger partial charge in [-0.2, -0.15) is 0 Å². The molecule has 0 aliphatic heterocycles. The molecule has 102 valence electrons. The van der Waals surface area contributed by atoms with Gasteiger partial charge in [0.05, 0.1) is 7.11 Å². The fourth-order valence-corrected chi connectivity index (χ4v) is 2.78. The van der Waals surface area contributed by atoms with E-state index in [0.29, 0.717) is 13.0 Å². The number of carbonyl (C=O) groups is 1. The third-order valence-electron chi connectivity index (χ3n) is 2.52. The van der Waals surface area contributed by atoms with Crippen molar-refractivity contribution in [3.63, 3.8) is 0 Å². The molecule has 0 aliphatic carbocycles. The predicted octanol–water partition coefficient (Wildman–Crippen LogP) is -0.419. The second-order valence-electron chi connectivity index (χ2n) is 3.76. The van der Waals surface area contributed by atoms with Gasteiger partial charge in [0.15, 0.2) is 4.83 Å². The van der Waals surface area contributed by atoms with Gasteiger partial charge in [-0.1, -0.05) is 6.92 Å². The Hall–Kier alpha value is -2.16. The average Bonchev–Trinajstić information content (AvgIpc) is 2.71. The Bertz CT molecular complexity index is 757. The van der Waals surface area contributed by atoms with Gasteiger partial charge in [-0.05, 0) is 17.8 Å². The summed E-state index contributed by atoms with van der Waals surface area (Å²) in [4.78, 5) is 37.0. The van der Waals surface area contributed by atoms with Crippen LogP contribution in [0.1, 0.15) is 23.1 Å². The zero-order valence-electron chi connectivity index (χ0n) is 10.3. The highest BCUT2D eigenvalue weighted by atomic mass is 32.1. The Morgan fingerprint density at radius 1 is 1.53 bits per heavy atom. The summed E-state index contributed by atoms with van der Waals surface area (Å²) in [5.41, 5.74) is -1.66. The van der Waals surface area contributed by atoms with Crippen LogP contribution < -0.4 is 16.0 Å². The normalized spacial score (nSPS) is 10.8. The van der Waals surface area contributed by atoms with E-state index in [1.807, 2.05) is 6.92 Å². The molecule has 0 bridgehead atoms. The fraction of sp³-hybridized carbons (Fsp3) is 0.400. The highest BCUT2D eigenvalue weighted by Gasteiger charge is 2.28. The number of methoxy groups -OCH3 is 1. The van der Waals surface area contributed by atoms with Crippen molar-refractivity contribution in [3.05, 3.63) is 31.1 Å². The number of nitrogens with one attached hydrogen (secondary N) is 1. The molecule has 0 unspecified atom stereocenters. The van der Waals surface area contributed by atoms with Gasteiger partial charge >= 0.3 is 27.7 Å². The van der Waals surface area contributed by atoms with Crippen LogP contribution in [0.15, 0.2) is 9.59 Å². The third-order valence-corrected chi connectivity index (χ3v) is 3.65. The highest BCUT2D eigenvalue weighted by Crippen LogP contribution is 2.17. The van der Waals surface area contributed by atoms with E-state index in [1.54, 1.807) is 0 Å². The summed E-state index contributed by atoms with van der Waals surface area (Å²) in [5.74, 6) is -0.842. The molecule has 2 aromatic heterocycles. The van der Waals surface area contributed by atoms with Gasteiger partial charge < -0.3 is 9.94 Å². The molecule has 1 N–H and O–H groups in total. The van der Waals surface area contributed by atoms with Gasteiger partial charge in [0.2, 0.25) is 0 Å². The number of carbonyl (C=O) groups excluding carboxylic acids is 1. The number of thiazole rings is 1. The van der Waals surface area contributed by atoms with Gasteiger partial charge in [-0.15, -0.1) is 4.73 Å². The van der Waals surface area contributed by atoms with Crippen molar-refractivity contribution >= 4 is 27.7 Å². The highest BCUT2D eigenvalue weighted by molar-refractivity contribution is 7.19. The number of ether oxygens (including phenoxy) is 1. The lowest BCUT2D eigenvalue weighted by Crippen LogP contribution is -2.39. The lowest BCUT2D eigenvalue weighted by molar-refractivity contribution is -0.575. The van der Waals surface area contributed by atoms with Crippen molar-refractivity contribution in [1.82, 2.24) is 9.55 Å². The van der Waals surface area contributed by atoms with Crippen LogP contribution in [-0.2, 0) is 11.3 Å². The molecule has 19 heavy (non-hydrogen) atoms. The Balaban J connectivity index is 2.89. The second-order valence-corrected chi connectivity index (χ2v) is 4.74. The lowest BCUT2D eigenvalue weighted by atomic mass is 10.4. The zero-order valence-corrected chi connectivity index (χ0v) is 11.1. The quantitative estimate of drug-likeness (QED) is 0.468. The summed E-state index contributed by atoms with van der Waals surface area (Å²) in [6.07, 6.45) is 0.644. The minimum Gasteiger partial charge on any atom is -0.617 e. The number of aryl methyl sites for hydroxylation is 1. The fourth-order valence-electron chi connectivity index (χ4n) is 1.70. The number of esters is 1. The van der Waals surface area contributed by atoms with E-state index >= 15 is 0 Å². The molecule has 0 aromatic carbocycles. The number of aromatic nitrogens is 3. The van der Waals surface area contributed by atoms with Crippen LogP contribution in [0.5, 0.6) is 0 Å². The molecule has 2 aromatic rings. The van der Waals surface area contributed by atoms with Crippen molar-refractivity contribution < 1.29 is 14.3 Å². The molecule has 0 saturated heterocycles. The first-order valence-electron chi connectivity index (χ1n) is 5.48. The molecule has 0 fully saturated rings. The Labute approximate surface area is 110 Å². The van der Waals surface area contributed by atoms with Crippen molar-refractivity contribution in [2.75, 3.05) is 7.11 Å². The summed E-state index contributed by atoms with van der Waals surface area (Å²) in [6, 6.07) is 0. The minimum absolute atomic E-state index is 0.172.